The number of amides is 1. The van der Waals surface area contributed by atoms with Crippen molar-refractivity contribution in [2.45, 2.75) is 33.7 Å². The molecule has 178 valence electrons. The van der Waals surface area contributed by atoms with Crippen molar-refractivity contribution in [1.82, 2.24) is 19.6 Å². The maximum Gasteiger partial charge on any atom is 0.295 e. The summed E-state index contributed by atoms with van der Waals surface area (Å²) in [7, 11) is 0. The number of aliphatic hydroxyl groups excluding tert-OH is 1. The minimum absolute atomic E-state index is 0.0228. The first-order valence-electron chi connectivity index (χ1n) is 11.5. The molecule has 8 heteroatoms. The summed E-state index contributed by atoms with van der Waals surface area (Å²) in [6.45, 7) is 10.4. The molecule has 1 aromatic carbocycles. The number of carbonyl (C=O) groups is 2. The van der Waals surface area contributed by atoms with E-state index < -0.39 is 17.7 Å². The van der Waals surface area contributed by atoms with Gasteiger partial charge in [0.25, 0.3) is 11.7 Å². The van der Waals surface area contributed by atoms with Crippen molar-refractivity contribution in [3.05, 3.63) is 77.0 Å². The number of hydrogen-bond donors (Lipinski definition) is 1. The summed E-state index contributed by atoms with van der Waals surface area (Å²) in [5.41, 5.74) is 1.91. The van der Waals surface area contributed by atoms with Gasteiger partial charge in [-0.25, -0.2) is 4.68 Å². The smallest absolute Gasteiger partial charge is 0.295 e. The summed E-state index contributed by atoms with van der Waals surface area (Å²) in [4.78, 5) is 30.0. The fourth-order valence-electron chi connectivity index (χ4n) is 4.41. The Kier molecular flexibility index (Phi) is 6.70. The van der Waals surface area contributed by atoms with Gasteiger partial charge in [-0.3, -0.25) is 9.59 Å². The second-order valence-corrected chi connectivity index (χ2v) is 8.36. The van der Waals surface area contributed by atoms with E-state index in [0.29, 0.717) is 35.9 Å². The molecule has 1 atom stereocenters. The van der Waals surface area contributed by atoms with Crippen molar-refractivity contribution in [1.29, 1.82) is 0 Å². The minimum atomic E-state index is -0.802. The highest BCUT2D eigenvalue weighted by atomic mass is 16.3. The number of aliphatic hydroxyl groups is 1. The molecule has 1 fully saturated rings. The molecule has 0 saturated carbocycles. The maximum atomic E-state index is 13.2. The Labute approximate surface area is 199 Å². The molecule has 0 unspecified atom stereocenters. The maximum absolute atomic E-state index is 13.2. The lowest BCUT2D eigenvalue weighted by Crippen LogP contribution is -2.37. The number of Topliss-reactive ketones (excluding diaryl/α,β-unsaturated/α-hetero) is 1. The van der Waals surface area contributed by atoms with E-state index >= 15 is 0 Å². The molecule has 0 radical (unpaired) electrons. The summed E-state index contributed by atoms with van der Waals surface area (Å²) in [5.74, 6) is -0.491. The van der Waals surface area contributed by atoms with Gasteiger partial charge < -0.3 is 19.3 Å². The molecular formula is C26H30N4O4. The first-order valence-corrected chi connectivity index (χ1v) is 11.5. The standard InChI is InChI=1S/C26H30N4O4/c1-5-28(6-2)14-15-29-23(21-13-12-17(3)34-21)22(25(32)26(29)33)24(31)20-16-27-30(18(20)4)19-10-8-7-9-11-19/h7-13,16,23,31H,5-6,14-15H2,1-4H3/t23-/m1/s1. The van der Waals surface area contributed by atoms with Crippen LogP contribution in [-0.2, 0) is 9.59 Å². The molecule has 1 amide bonds. The molecule has 4 rings (SSSR count). The van der Waals surface area contributed by atoms with Crippen LogP contribution in [0.15, 0.2) is 58.7 Å². The van der Waals surface area contributed by atoms with Crippen LogP contribution in [0.1, 0.15) is 42.7 Å². The lowest BCUT2D eigenvalue weighted by molar-refractivity contribution is -0.140. The number of furan rings is 1. The van der Waals surface area contributed by atoms with Crippen LogP contribution in [0, 0.1) is 13.8 Å². The number of likely N-dealkylation sites (tertiary alicyclic amines) is 1. The Balaban J connectivity index is 1.79. The SMILES string of the molecule is CCN(CC)CCN1C(=O)C(=O)C(=C(O)c2cnn(-c3ccccc3)c2C)[C@H]1c1ccc(C)o1. The van der Waals surface area contributed by atoms with Gasteiger partial charge in [-0.05, 0) is 51.2 Å². The van der Waals surface area contributed by atoms with Gasteiger partial charge in [0.15, 0.2) is 0 Å². The van der Waals surface area contributed by atoms with Crippen molar-refractivity contribution in [2.24, 2.45) is 0 Å². The van der Waals surface area contributed by atoms with E-state index in [1.54, 1.807) is 23.7 Å². The Hall–Kier alpha value is -3.65. The van der Waals surface area contributed by atoms with Crippen LogP contribution in [0.2, 0.25) is 0 Å². The number of ketones is 1. The summed E-state index contributed by atoms with van der Waals surface area (Å²) >= 11 is 0. The Bertz CT molecular complexity index is 1220. The second kappa shape index (κ2) is 9.69. The van der Waals surface area contributed by atoms with E-state index in [0.717, 1.165) is 18.8 Å². The van der Waals surface area contributed by atoms with Crippen LogP contribution >= 0.6 is 0 Å². The Morgan fingerprint density at radius 2 is 1.79 bits per heavy atom. The Morgan fingerprint density at radius 1 is 1.09 bits per heavy atom. The molecule has 2 aromatic heterocycles. The monoisotopic (exact) mass is 462 g/mol. The molecule has 0 bridgehead atoms. The van der Waals surface area contributed by atoms with Crippen LogP contribution in [-0.4, -0.2) is 62.6 Å². The molecule has 1 aliphatic rings. The van der Waals surface area contributed by atoms with Crippen LogP contribution in [0.4, 0.5) is 0 Å². The third kappa shape index (κ3) is 4.17. The quantitative estimate of drug-likeness (QED) is 0.311. The van der Waals surface area contributed by atoms with Crippen molar-refractivity contribution < 1.29 is 19.1 Å². The average Bonchev–Trinajstić information content (AvgIpc) is 3.51. The topological polar surface area (TPSA) is 91.8 Å². The molecule has 1 saturated heterocycles. The van der Waals surface area contributed by atoms with Crippen LogP contribution in [0.25, 0.3) is 11.4 Å². The predicted octanol–water partition coefficient (Wildman–Crippen LogP) is 3.85. The number of likely N-dealkylation sites (N-methyl/N-ethyl adjacent to an activating group) is 1. The lowest BCUT2D eigenvalue weighted by atomic mass is 9.99. The fourth-order valence-corrected chi connectivity index (χ4v) is 4.41. The average molecular weight is 463 g/mol. The summed E-state index contributed by atoms with van der Waals surface area (Å²) < 4.78 is 7.54. The molecule has 3 aromatic rings. The number of benzene rings is 1. The molecule has 3 heterocycles. The number of nitrogens with zero attached hydrogens (tertiary/aromatic N) is 4. The number of para-hydroxylation sites is 1. The van der Waals surface area contributed by atoms with Crippen LogP contribution in [0.5, 0.6) is 0 Å². The zero-order valence-corrected chi connectivity index (χ0v) is 20.0. The molecule has 1 aliphatic heterocycles. The first kappa shape index (κ1) is 23.5. The highest BCUT2D eigenvalue weighted by Crippen LogP contribution is 2.40. The van der Waals surface area contributed by atoms with Gasteiger partial charge in [0.05, 0.1) is 28.7 Å². The van der Waals surface area contributed by atoms with Crippen LogP contribution in [0.3, 0.4) is 0 Å². The predicted molar refractivity (Wildman–Crippen MR) is 129 cm³/mol. The van der Waals surface area contributed by atoms with Gasteiger partial charge in [0, 0.05) is 13.1 Å². The zero-order valence-electron chi connectivity index (χ0n) is 20.0. The third-order valence-electron chi connectivity index (χ3n) is 6.39. The normalized spacial score (nSPS) is 17.8. The van der Waals surface area contributed by atoms with Crippen molar-refractivity contribution in [3.63, 3.8) is 0 Å². The molecule has 0 aliphatic carbocycles. The van der Waals surface area contributed by atoms with E-state index in [-0.39, 0.29) is 11.3 Å². The van der Waals surface area contributed by atoms with Gasteiger partial charge in [0.2, 0.25) is 0 Å². The third-order valence-corrected chi connectivity index (χ3v) is 6.39. The molecule has 1 N–H and O–H groups in total. The molecule has 8 nitrogen and oxygen atoms in total. The van der Waals surface area contributed by atoms with Gasteiger partial charge >= 0.3 is 0 Å². The van der Waals surface area contributed by atoms with Crippen molar-refractivity contribution in [3.8, 4) is 5.69 Å². The van der Waals surface area contributed by atoms with Gasteiger partial charge in [-0.15, -0.1) is 0 Å². The number of rotatable bonds is 8. The Morgan fingerprint density at radius 3 is 2.41 bits per heavy atom. The van der Waals surface area contributed by atoms with E-state index in [1.807, 2.05) is 37.3 Å². The summed E-state index contributed by atoms with van der Waals surface area (Å²) in [6.07, 6.45) is 1.52. The summed E-state index contributed by atoms with van der Waals surface area (Å²) in [6, 6.07) is 12.3. The number of aromatic nitrogens is 2. The first-order chi connectivity index (χ1) is 16.4. The molecular weight excluding hydrogens is 432 g/mol. The lowest BCUT2D eigenvalue weighted by Gasteiger charge is -2.26. The van der Waals surface area contributed by atoms with E-state index in [9.17, 15) is 14.7 Å². The van der Waals surface area contributed by atoms with Gasteiger partial charge in [-0.2, -0.15) is 5.10 Å². The van der Waals surface area contributed by atoms with Gasteiger partial charge in [0.1, 0.15) is 23.3 Å². The highest BCUT2D eigenvalue weighted by molar-refractivity contribution is 6.46. The molecule has 0 spiro atoms. The fraction of sp³-hybridized carbons (Fsp3) is 0.346. The number of aryl methyl sites for hydroxylation is 1. The van der Waals surface area contributed by atoms with Gasteiger partial charge in [-0.1, -0.05) is 32.0 Å². The number of hydrogen-bond acceptors (Lipinski definition) is 6. The largest absolute Gasteiger partial charge is 0.507 e. The number of carbonyl (C=O) groups excluding carboxylic acids is 2. The molecule has 34 heavy (non-hydrogen) atoms. The van der Waals surface area contributed by atoms with E-state index in [4.69, 9.17) is 4.42 Å². The van der Waals surface area contributed by atoms with Crippen molar-refractivity contribution in [2.75, 3.05) is 26.2 Å². The highest BCUT2D eigenvalue weighted by Gasteiger charge is 2.47. The van der Waals surface area contributed by atoms with Crippen LogP contribution < -0.4 is 0 Å². The zero-order chi connectivity index (χ0) is 24.4. The summed E-state index contributed by atoms with van der Waals surface area (Å²) in [5, 5.41) is 15.8. The van der Waals surface area contributed by atoms with E-state index in [2.05, 4.69) is 23.8 Å². The second-order valence-electron chi connectivity index (χ2n) is 8.36. The van der Waals surface area contributed by atoms with Crippen molar-refractivity contribution >= 4 is 17.4 Å². The van der Waals surface area contributed by atoms with E-state index in [1.165, 1.54) is 11.1 Å². The minimum Gasteiger partial charge on any atom is -0.507 e.